The van der Waals surface area contributed by atoms with Crippen LogP contribution in [0.3, 0.4) is 0 Å². The van der Waals surface area contributed by atoms with Gasteiger partial charge in [-0.2, -0.15) is 0 Å². The zero-order chi connectivity index (χ0) is 30.0. The molecule has 44 heavy (non-hydrogen) atoms. The summed E-state index contributed by atoms with van der Waals surface area (Å²) in [4.78, 5) is 3.49. The first-order valence-electron chi connectivity index (χ1n) is 14.5. The SMILES string of the molecule is CSC(SC)=C1c2ccccc2N(c2ccccc2)c2cc(-c3cccc(C4=C(c5ccc(O)cc5)SCCO4)c3)ccc21. The van der Waals surface area contributed by atoms with Gasteiger partial charge in [0.15, 0.2) is 0 Å². The molecule has 218 valence electrons. The minimum Gasteiger partial charge on any atom is -0.508 e. The van der Waals surface area contributed by atoms with Crippen LogP contribution in [0.4, 0.5) is 17.1 Å². The highest BCUT2D eigenvalue weighted by molar-refractivity contribution is 8.22. The molecular formula is C38H31NO2S3. The van der Waals surface area contributed by atoms with Crippen molar-refractivity contribution in [1.82, 2.24) is 0 Å². The summed E-state index contributed by atoms with van der Waals surface area (Å²) < 4.78 is 7.61. The molecule has 5 aromatic rings. The van der Waals surface area contributed by atoms with Gasteiger partial charge in [0.1, 0.15) is 11.5 Å². The van der Waals surface area contributed by atoms with E-state index in [9.17, 15) is 5.11 Å². The van der Waals surface area contributed by atoms with E-state index in [1.54, 1.807) is 23.9 Å². The van der Waals surface area contributed by atoms with Gasteiger partial charge in [-0.15, -0.1) is 35.3 Å². The van der Waals surface area contributed by atoms with Gasteiger partial charge < -0.3 is 14.7 Å². The van der Waals surface area contributed by atoms with E-state index in [1.807, 2.05) is 35.7 Å². The number of thioether (sulfide) groups is 3. The van der Waals surface area contributed by atoms with Crippen molar-refractivity contribution in [3.05, 3.63) is 148 Å². The second-order valence-corrected chi connectivity index (χ2v) is 13.5. The summed E-state index contributed by atoms with van der Waals surface area (Å²) in [6.07, 6.45) is 4.33. The number of nitrogens with zero attached hydrogens (tertiary/aromatic N) is 1. The Morgan fingerprint density at radius 2 is 1.36 bits per heavy atom. The first-order chi connectivity index (χ1) is 21.7. The predicted octanol–water partition coefficient (Wildman–Crippen LogP) is 10.9. The van der Waals surface area contributed by atoms with Crippen LogP contribution in [0.5, 0.6) is 5.75 Å². The topological polar surface area (TPSA) is 32.7 Å². The summed E-state index contributed by atoms with van der Waals surface area (Å²) in [5.41, 5.74) is 11.6. The fraction of sp³-hybridized carbons (Fsp3) is 0.105. The van der Waals surface area contributed by atoms with Crippen molar-refractivity contribution < 1.29 is 9.84 Å². The zero-order valence-electron chi connectivity index (χ0n) is 24.5. The molecule has 0 fully saturated rings. The highest BCUT2D eigenvalue weighted by atomic mass is 32.2. The monoisotopic (exact) mass is 629 g/mol. The van der Waals surface area contributed by atoms with Crippen molar-refractivity contribution in [2.75, 3.05) is 29.8 Å². The lowest BCUT2D eigenvalue weighted by Crippen LogP contribution is -2.18. The Morgan fingerprint density at radius 3 is 2.16 bits per heavy atom. The number of fused-ring (bicyclic) bond motifs is 2. The van der Waals surface area contributed by atoms with E-state index in [-0.39, 0.29) is 5.75 Å². The van der Waals surface area contributed by atoms with Gasteiger partial charge in [0, 0.05) is 37.9 Å². The van der Waals surface area contributed by atoms with E-state index in [1.165, 1.54) is 32.3 Å². The molecule has 0 atom stereocenters. The first-order valence-corrected chi connectivity index (χ1v) is 17.9. The molecule has 0 aliphatic carbocycles. The van der Waals surface area contributed by atoms with Crippen LogP contribution in [0.15, 0.2) is 126 Å². The summed E-state index contributed by atoms with van der Waals surface area (Å²) in [5.74, 6) is 2.05. The van der Waals surface area contributed by atoms with Crippen molar-refractivity contribution in [3.63, 3.8) is 0 Å². The van der Waals surface area contributed by atoms with Gasteiger partial charge >= 0.3 is 0 Å². The Kier molecular flexibility index (Phi) is 8.22. The summed E-state index contributed by atoms with van der Waals surface area (Å²) in [5, 5.41) is 9.84. The smallest absolute Gasteiger partial charge is 0.140 e. The number of anilines is 3. The molecule has 0 amide bonds. The maximum absolute atomic E-state index is 9.84. The molecule has 0 spiro atoms. The van der Waals surface area contributed by atoms with Gasteiger partial charge in [0.05, 0.1) is 22.9 Å². The van der Waals surface area contributed by atoms with Crippen LogP contribution in [-0.4, -0.2) is 30.0 Å². The van der Waals surface area contributed by atoms with Crippen molar-refractivity contribution in [1.29, 1.82) is 0 Å². The standard InChI is InChI=1S/C38H31NO2S3/c1-42-38(43-2)35-31-13-6-7-14-33(31)39(29-11-4-3-5-12-29)34-24-27(17-20-32(34)35)26-9-8-10-28(23-26)36-37(44-22-21-41-36)25-15-18-30(40)19-16-25/h3-20,23-24,40H,21-22H2,1-2H3. The van der Waals surface area contributed by atoms with Crippen LogP contribution in [-0.2, 0) is 4.74 Å². The third kappa shape index (κ3) is 5.32. The van der Waals surface area contributed by atoms with Gasteiger partial charge in [0.2, 0.25) is 0 Å². The molecule has 3 nitrogen and oxygen atoms in total. The quantitative estimate of drug-likeness (QED) is 0.197. The molecule has 2 heterocycles. The maximum Gasteiger partial charge on any atom is 0.140 e. The molecule has 2 aliphatic heterocycles. The number of ether oxygens (including phenoxy) is 1. The number of rotatable bonds is 6. The van der Waals surface area contributed by atoms with E-state index < -0.39 is 0 Å². The molecule has 0 saturated carbocycles. The minimum absolute atomic E-state index is 0.263. The van der Waals surface area contributed by atoms with Crippen molar-refractivity contribution in [2.24, 2.45) is 0 Å². The molecule has 5 aromatic carbocycles. The van der Waals surface area contributed by atoms with Crippen molar-refractivity contribution in [3.8, 4) is 16.9 Å². The van der Waals surface area contributed by atoms with Gasteiger partial charge in [0.25, 0.3) is 0 Å². The normalized spacial score (nSPS) is 14.1. The van der Waals surface area contributed by atoms with E-state index in [4.69, 9.17) is 4.74 Å². The summed E-state index contributed by atoms with van der Waals surface area (Å²) in [6.45, 7) is 0.665. The Morgan fingerprint density at radius 1 is 0.682 bits per heavy atom. The third-order valence-corrected chi connectivity index (χ3v) is 11.1. The molecule has 0 aromatic heterocycles. The molecule has 0 bridgehead atoms. The lowest BCUT2D eigenvalue weighted by molar-refractivity contribution is 0.301. The van der Waals surface area contributed by atoms with E-state index in [2.05, 4.69) is 114 Å². The van der Waals surface area contributed by atoms with Crippen LogP contribution in [0.25, 0.3) is 27.4 Å². The van der Waals surface area contributed by atoms with E-state index >= 15 is 0 Å². The average molecular weight is 630 g/mol. The number of hydrogen-bond acceptors (Lipinski definition) is 6. The first kappa shape index (κ1) is 28.8. The lowest BCUT2D eigenvalue weighted by Gasteiger charge is -2.36. The molecule has 0 unspecified atom stereocenters. The Hall–Kier alpha value is -3.97. The molecule has 0 saturated heterocycles. The Bertz CT molecular complexity index is 1890. The van der Waals surface area contributed by atoms with Crippen molar-refractivity contribution in [2.45, 2.75) is 0 Å². The average Bonchev–Trinajstić information content (AvgIpc) is 3.09. The number of phenolic OH excluding ortho intramolecular Hbond substituents is 1. The molecule has 0 radical (unpaired) electrons. The molecule has 6 heteroatoms. The van der Waals surface area contributed by atoms with E-state index in [0.29, 0.717) is 6.61 Å². The van der Waals surface area contributed by atoms with Gasteiger partial charge in [-0.05, 0) is 71.7 Å². The zero-order valence-corrected chi connectivity index (χ0v) is 26.9. The maximum atomic E-state index is 9.84. The minimum atomic E-state index is 0.263. The largest absolute Gasteiger partial charge is 0.508 e. The van der Waals surface area contributed by atoms with Gasteiger partial charge in [-0.1, -0.05) is 78.9 Å². The number of benzene rings is 5. The van der Waals surface area contributed by atoms with Gasteiger partial charge in [-0.25, -0.2) is 0 Å². The number of hydrogen-bond donors (Lipinski definition) is 1. The highest BCUT2D eigenvalue weighted by Crippen LogP contribution is 2.53. The molecular weight excluding hydrogens is 599 g/mol. The summed E-state index contributed by atoms with van der Waals surface area (Å²) in [6, 6.07) is 42.3. The summed E-state index contributed by atoms with van der Waals surface area (Å²) >= 11 is 5.42. The van der Waals surface area contributed by atoms with Gasteiger partial charge in [-0.3, -0.25) is 0 Å². The molecule has 1 N–H and O–H groups in total. The van der Waals surface area contributed by atoms with Crippen molar-refractivity contribution >= 4 is 68.6 Å². The number of para-hydroxylation sites is 2. The Balaban J connectivity index is 1.39. The molecule has 7 rings (SSSR count). The van der Waals surface area contributed by atoms with E-state index in [0.717, 1.165) is 44.4 Å². The lowest BCUT2D eigenvalue weighted by atomic mass is 9.88. The molecule has 2 aliphatic rings. The fourth-order valence-corrected chi connectivity index (χ4v) is 8.42. The highest BCUT2D eigenvalue weighted by Gasteiger charge is 2.30. The van der Waals surface area contributed by atoms with Crippen LogP contribution in [0, 0.1) is 0 Å². The number of aromatic hydroxyl groups is 1. The predicted molar refractivity (Wildman–Crippen MR) is 193 cm³/mol. The number of phenols is 1. The third-order valence-electron chi connectivity index (χ3n) is 7.88. The van der Waals surface area contributed by atoms with Crippen LogP contribution in [0.2, 0.25) is 0 Å². The fourth-order valence-electron chi connectivity index (χ4n) is 5.93. The van der Waals surface area contributed by atoms with Crippen LogP contribution < -0.4 is 4.90 Å². The Labute approximate surface area is 271 Å². The second kappa shape index (κ2) is 12.6. The second-order valence-electron chi connectivity index (χ2n) is 10.5. The van der Waals surface area contributed by atoms with Crippen LogP contribution >= 0.6 is 35.3 Å². The summed E-state index contributed by atoms with van der Waals surface area (Å²) in [7, 11) is 0. The van der Waals surface area contributed by atoms with Crippen LogP contribution in [0.1, 0.15) is 22.3 Å².